The van der Waals surface area contributed by atoms with Crippen LogP contribution in [-0.4, -0.2) is 29.1 Å². The van der Waals surface area contributed by atoms with Gasteiger partial charge >= 0.3 is 5.97 Å². The van der Waals surface area contributed by atoms with Gasteiger partial charge in [0.15, 0.2) is 17.5 Å². The largest absolute Gasteiger partial charge is 0.481 e. The highest BCUT2D eigenvalue weighted by Gasteiger charge is 2.27. The number of hydrogen-bond donors (Lipinski definition) is 1. The lowest BCUT2D eigenvalue weighted by Gasteiger charge is -2.31. The van der Waals surface area contributed by atoms with E-state index in [1.807, 2.05) is 0 Å². The minimum atomic E-state index is -1.35. The number of hydrogen-bond acceptors (Lipinski definition) is 3. The predicted molar refractivity (Wildman–Crippen MR) is 56.7 cm³/mol. The number of halogens is 3. The number of aromatic nitrogens is 1. The number of aliphatic carboxylic acids is 1. The zero-order valence-electron chi connectivity index (χ0n) is 9.37. The molecule has 0 aromatic carbocycles. The van der Waals surface area contributed by atoms with Crippen LogP contribution in [0.3, 0.4) is 0 Å². The van der Waals surface area contributed by atoms with Crippen molar-refractivity contribution in [3.8, 4) is 0 Å². The minimum absolute atomic E-state index is 0.256. The van der Waals surface area contributed by atoms with E-state index in [-0.39, 0.29) is 18.9 Å². The molecule has 4 nitrogen and oxygen atoms in total. The maximum atomic E-state index is 13.4. The minimum Gasteiger partial charge on any atom is -0.481 e. The Balaban J connectivity index is 2.15. The molecule has 0 saturated carbocycles. The average molecular weight is 260 g/mol. The smallest absolute Gasteiger partial charge is 0.306 e. The Labute approximate surface area is 101 Å². The SMILES string of the molecule is O=C(O)C1CCN(c2nc(F)c(F)cc2F)CC1. The van der Waals surface area contributed by atoms with Gasteiger partial charge in [0.25, 0.3) is 5.95 Å². The number of pyridine rings is 1. The van der Waals surface area contributed by atoms with Gasteiger partial charge in [-0.1, -0.05) is 0 Å². The van der Waals surface area contributed by atoms with Crippen LogP contribution in [0, 0.1) is 23.5 Å². The van der Waals surface area contributed by atoms with E-state index in [0.717, 1.165) is 0 Å². The van der Waals surface area contributed by atoms with E-state index in [1.165, 1.54) is 4.90 Å². The Morgan fingerprint density at radius 3 is 2.44 bits per heavy atom. The molecule has 0 radical (unpaired) electrons. The number of rotatable bonds is 2. The van der Waals surface area contributed by atoms with E-state index in [2.05, 4.69) is 4.98 Å². The maximum Gasteiger partial charge on any atom is 0.306 e. The van der Waals surface area contributed by atoms with Crippen molar-refractivity contribution < 1.29 is 23.1 Å². The van der Waals surface area contributed by atoms with E-state index in [1.54, 1.807) is 0 Å². The first-order valence-corrected chi connectivity index (χ1v) is 5.48. The Morgan fingerprint density at radius 1 is 1.28 bits per heavy atom. The molecule has 1 fully saturated rings. The first-order valence-electron chi connectivity index (χ1n) is 5.48. The fraction of sp³-hybridized carbons (Fsp3) is 0.455. The average Bonchev–Trinajstić information content (AvgIpc) is 2.34. The van der Waals surface area contributed by atoms with Gasteiger partial charge in [-0.05, 0) is 12.8 Å². The molecule has 1 aromatic heterocycles. The Hall–Kier alpha value is -1.79. The van der Waals surface area contributed by atoms with Crippen molar-refractivity contribution in [1.82, 2.24) is 4.98 Å². The second-order valence-corrected chi connectivity index (χ2v) is 4.17. The maximum absolute atomic E-state index is 13.4. The molecule has 1 saturated heterocycles. The zero-order valence-corrected chi connectivity index (χ0v) is 9.37. The highest BCUT2D eigenvalue weighted by atomic mass is 19.2. The summed E-state index contributed by atoms with van der Waals surface area (Å²) in [6.07, 6.45) is 0.658. The second-order valence-electron chi connectivity index (χ2n) is 4.17. The summed E-state index contributed by atoms with van der Waals surface area (Å²) < 4.78 is 39.1. The molecule has 1 aliphatic rings. The number of anilines is 1. The zero-order chi connectivity index (χ0) is 13.3. The normalized spacial score (nSPS) is 16.9. The van der Waals surface area contributed by atoms with Crippen molar-refractivity contribution in [1.29, 1.82) is 0 Å². The molecule has 0 amide bonds. The van der Waals surface area contributed by atoms with E-state index in [9.17, 15) is 18.0 Å². The van der Waals surface area contributed by atoms with Crippen molar-refractivity contribution in [2.45, 2.75) is 12.8 Å². The molecule has 0 spiro atoms. The topological polar surface area (TPSA) is 53.4 Å². The van der Waals surface area contributed by atoms with Crippen LogP contribution in [0.1, 0.15) is 12.8 Å². The fourth-order valence-corrected chi connectivity index (χ4v) is 2.00. The van der Waals surface area contributed by atoms with E-state index in [0.29, 0.717) is 18.9 Å². The van der Waals surface area contributed by atoms with Gasteiger partial charge in [-0.3, -0.25) is 4.79 Å². The molecule has 0 unspecified atom stereocenters. The first-order chi connectivity index (χ1) is 8.49. The van der Waals surface area contributed by atoms with Crippen LogP contribution in [0.15, 0.2) is 6.07 Å². The third kappa shape index (κ3) is 2.39. The van der Waals surface area contributed by atoms with Crippen LogP contribution in [0.4, 0.5) is 19.0 Å². The number of piperidine rings is 1. The molecule has 2 heterocycles. The summed E-state index contributed by atoms with van der Waals surface area (Å²) >= 11 is 0. The van der Waals surface area contributed by atoms with Gasteiger partial charge in [0.05, 0.1) is 5.92 Å². The molecule has 1 aliphatic heterocycles. The summed E-state index contributed by atoms with van der Waals surface area (Å²) in [6.45, 7) is 0.512. The monoisotopic (exact) mass is 260 g/mol. The molecule has 1 N–H and O–H groups in total. The molecule has 1 aromatic rings. The Bertz CT molecular complexity index is 474. The van der Waals surface area contributed by atoms with Gasteiger partial charge in [0, 0.05) is 19.2 Å². The Kier molecular flexibility index (Phi) is 3.40. The third-order valence-corrected chi connectivity index (χ3v) is 3.01. The first kappa shape index (κ1) is 12.7. The van der Waals surface area contributed by atoms with E-state index >= 15 is 0 Å². The molecular weight excluding hydrogens is 249 g/mol. The molecule has 2 rings (SSSR count). The van der Waals surface area contributed by atoms with Crippen molar-refractivity contribution in [3.05, 3.63) is 23.6 Å². The van der Waals surface area contributed by atoms with Crippen LogP contribution in [-0.2, 0) is 4.79 Å². The summed E-state index contributed by atoms with van der Waals surface area (Å²) in [5.41, 5.74) is 0. The van der Waals surface area contributed by atoms with Crippen LogP contribution in [0.25, 0.3) is 0 Å². The molecular formula is C11H11F3N2O2. The second kappa shape index (κ2) is 4.83. The quantitative estimate of drug-likeness (QED) is 0.824. The lowest BCUT2D eigenvalue weighted by atomic mass is 9.97. The number of carboxylic acids is 1. The third-order valence-electron chi connectivity index (χ3n) is 3.01. The van der Waals surface area contributed by atoms with Crippen LogP contribution >= 0.6 is 0 Å². The molecule has 18 heavy (non-hydrogen) atoms. The highest BCUT2D eigenvalue weighted by Crippen LogP contribution is 2.25. The summed E-state index contributed by atoms with van der Waals surface area (Å²) in [7, 11) is 0. The van der Waals surface area contributed by atoms with Gasteiger partial charge in [-0.15, -0.1) is 0 Å². The van der Waals surface area contributed by atoms with Crippen molar-refractivity contribution >= 4 is 11.8 Å². The Morgan fingerprint density at radius 2 is 1.89 bits per heavy atom. The predicted octanol–water partition coefficient (Wildman–Crippen LogP) is 1.80. The van der Waals surface area contributed by atoms with Crippen molar-refractivity contribution in [3.63, 3.8) is 0 Å². The van der Waals surface area contributed by atoms with Crippen LogP contribution in [0.5, 0.6) is 0 Å². The molecule has 0 atom stereocenters. The van der Waals surface area contributed by atoms with Gasteiger partial charge in [0.1, 0.15) is 0 Å². The summed E-state index contributed by atoms with van der Waals surface area (Å²) in [5, 5.41) is 8.81. The standard InChI is InChI=1S/C11H11F3N2O2/c12-7-5-8(13)10(15-9(7)14)16-3-1-6(2-4-16)11(17)18/h5-6H,1-4H2,(H,17,18). The van der Waals surface area contributed by atoms with Crippen molar-refractivity contribution in [2.24, 2.45) is 5.92 Å². The van der Waals surface area contributed by atoms with Crippen LogP contribution < -0.4 is 4.90 Å². The molecule has 0 aliphatic carbocycles. The van der Waals surface area contributed by atoms with Gasteiger partial charge in [-0.25, -0.2) is 8.78 Å². The van der Waals surface area contributed by atoms with Gasteiger partial charge in [0.2, 0.25) is 0 Å². The van der Waals surface area contributed by atoms with Crippen LogP contribution in [0.2, 0.25) is 0 Å². The summed E-state index contributed by atoms with van der Waals surface area (Å²) in [5.74, 6) is -5.27. The highest BCUT2D eigenvalue weighted by molar-refractivity contribution is 5.70. The van der Waals surface area contributed by atoms with Gasteiger partial charge < -0.3 is 10.0 Å². The molecule has 7 heteroatoms. The fourth-order valence-electron chi connectivity index (χ4n) is 2.00. The van der Waals surface area contributed by atoms with E-state index in [4.69, 9.17) is 5.11 Å². The number of carboxylic acid groups (broad SMARTS) is 1. The molecule has 0 bridgehead atoms. The summed E-state index contributed by atoms with van der Waals surface area (Å²) in [6, 6.07) is 0.445. The van der Waals surface area contributed by atoms with E-state index < -0.39 is 29.5 Å². The summed E-state index contributed by atoms with van der Waals surface area (Å²) in [4.78, 5) is 15.4. The molecule has 98 valence electrons. The lowest BCUT2D eigenvalue weighted by Crippen LogP contribution is -2.37. The number of nitrogens with zero attached hydrogens (tertiary/aromatic N) is 2. The number of carbonyl (C=O) groups is 1. The van der Waals surface area contributed by atoms with Gasteiger partial charge in [-0.2, -0.15) is 9.37 Å². The van der Waals surface area contributed by atoms with Crippen molar-refractivity contribution in [2.75, 3.05) is 18.0 Å². The lowest BCUT2D eigenvalue weighted by molar-refractivity contribution is -0.142.